The predicted molar refractivity (Wildman–Crippen MR) is 110 cm³/mol. The second-order valence-electron chi connectivity index (χ2n) is 8.53. The summed E-state index contributed by atoms with van der Waals surface area (Å²) in [6, 6.07) is -1.49. The molecule has 0 aromatic carbocycles. The maximum absolute atomic E-state index is 14.5. The van der Waals surface area contributed by atoms with Crippen molar-refractivity contribution in [2.45, 2.75) is 95.4 Å². The van der Waals surface area contributed by atoms with Crippen LogP contribution in [0.3, 0.4) is 0 Å². The average molecular weight is 584 g/mol. The molecule has 3 N–H and O–H groups in total. The normalized spacial score (nSPS) is 20.0. The minimum atomic E-state index is -6.38. The van der Waals surface area contributed by atoms with Gasteiger partial charge in [0.15, 0.2) is 0 Å². The number of halogens is 6. The molecular formula is C19H36F6GeN3Zr. The van der Waals surface area contributed by atoms with E-state index in [0.29, 0.717) is 19.3 Å². The Morgan fingerprint density at radius 3 is 1.43 bits per heavy atom. The molecule has 3 unspecified atom stereocenters. The Morgan fingerprint density at radius 1 is 0.833 bits per heavy atom. The molecule has 3 nitrogen and oxygen atoms in total. The Hall–Kier alpha value is 0.366. The summed E-state index contributed by atoms with van der Waals surface area (Å²) >= 11 is -6.38. The van der Waals surface area contributed by atoms with E-state index in [1.165, 1.54) is 6.08 Å². The molecule has 0 amide bonds. The topological polar surface area (TPSA) is 36.1 Å². The van der Waals surface area contributed by atoms with Crippen LogP contribution >= 0.6 is 0 Å². The molecule has 0 saturated carbocycles. The Morgan fingerprint density at radius 2 is 1.20 bits per heavy atom. The number of hydrogen-bond acceptors (Lipinski definition) is 3. The molecule has 177 valence electrons. The van der Waals surface area contributed by atoms with Gasteiger partial charge >= 0.3 is 181 Å². The minimum absolute atomic E-state index is 0.107. The van der Waals surface area contributed by atoms with E-state index in [-0.39, 0.29) is 9.70 Å². The zero-order valence-corrected chi connectivity index (χ0v) is 23.5. The van der Waals surface area contributed by atoms with E-state index in [2.05, 4.69) is 9.78 Å². The van der Waals surface area contributed by atoms with Gasteiger partial charge in [-0.3, -0.25) is 0 Å². The summed E-state index contributed by atoms with van der Waals surface area (Å²) in [7, 11) is -6.19. The first-order valence-corrected chi connectivity index (χ1v) is 26.6. The third-order valence-electron chi connectivity index (χ3n) is 6.15. The molecule has 0 saturated heterocycles. The number of allylic oxidation sites excluding steroid dienone is 4. The Labute approximate surface area is 180 Å². The molecule has 0 aromatic heterocycles. The van der Waals surface area contributed by atoms with Crippen LogP contribution in [0.4, 0.5) is 26.3 Å². The summed E-state index contributed by atoms with van der Waals surface area (Å²) in [4.78, 5) is 0. The van der Waals surface area contributed by atoms with Gasteiger partial charge in [0.2, 0.25) is 0 Å². The van der Waals surface area contributed by atoms with Gasteiger partial charge in [0.05, 0.1) is 0 Å². The van der Waals surface area contributed by atoms with Gasteiger partial charge < -0.3 is 0 Å². The van der Waals surface area contributed by atoms with Gasteiger partial charge in [-0.1, -0.05) is 0 Å². The van der Waals surface area contributed by atoms with Gasteiger partial charge in [0.25, 0.3) is 0 Å². The zero-order valence-electron chi connectivity index (χ0n) is 18.6. The molecule has 3 atom stereocenters. The van der Waals surface area contributed by atoms with E-state index < -0.39 is 55.8 Å². The van der Waals surface area contributed by atoms with Crippen LogP contribution in [-0.4, -0.2) is 38.7 Å². The Balaban J connectivity index is 4.10. The number of nitrogens with one attached hydrogen (secondary N) is 3. The molecule has 0 heterocycles. The summed E-state index contributed by atoms with van der Waals surface area (Å²) in [6.45, 7) is 10.4. The first-order valence-electron chi connectivity index (χ1n) is 10.7. The molecule has 30 heavy (non-hydrogen) atoms. The van der Waals surface area contributed by atoms with Crippen molar-refractivity contribution in [3.8, 4) is 0 Å². The summed E-state index contributed by atoms with van der Waals surface area (Å²) in [5, 5.41) is -10.6. The van der Waals surface area contributed by atoms with Crippen molar-refractivity contribution in [1.82, 2.24) is 9.78 Å². The molecule has 0 spiro atoms. The van der Waals surface area contributed by atoms with Gasteiger partial charge in [0, 0.05) is 0 Å². The van der Waals surface area contributed by atoms with Crippen molar-refractivity contribution in [3.63, 3.8) is 0 Å². The van der Waals surface area contributed by atoms with Gasteiger partial charge in [-0.25, -0.2) is 0 Å². The fourth-order valence-electron chi connectivity index (χ4n) is 4.35. The van der Waals surface area contributed by atoms with Gasteiger partial charge in [-0.15, -0.1) is 0 Å². The molecule has 0 radical (unpaired) electrons. The molecular weight excluding hydrogens is 548 g/mol. The van der Waals surface area contributed by atoms with Gasteiger partial charge in [-0.05, 0) is 0 Å². The fraction of sp³-hybridized carbons (Fsp3) is 0.789. The van der Waals surface area contributed by atoms with Crippen LogP contribution in [0.25, 0.3) is 0 Å². The molecule has 1 aliphatic rings. The number of alkyl halides is 6. The average Bonchev–Trinajstić information content (AvgIpc) is 3.14. The number of hydrogen-bond donors (Lipinski definition) is 3. The van der Waals surface area contributed by atoms with Crippen LogP contribution < -0.4 is 9.78 Å². The van der Waals surface area contributed by atoms with E-state index >= 15 is 0 Å². The molecule has 11 heteroatoms. The van der Waals surface area contributed by atoms with Crippen LogP contribution in [-0.2, 0) is 17.1 Å². The molecule has 1 aliphatic carbocycles. The summed E-state index contributed by atoms with van der Waals surface area (Å²) in [6.07, 6.45) is 6.14. The Kier molecular flexibility index (Phi) is 9.97. The molecule has 0 aliphatic heterocycles. The number of rotatable bonds is 11. The van der Waals surface area contributed by atoms with E-state index in [4.69, 9.17) is 0 Å². The second kappa shape index (κ2) is 10.5. The van der Waals surface area contributed by atoms with Crippen molar-refractivity contribution in [1.29, 1.82) is 0 Å². The quantitative estimate of drug-likeness (QED) is 0.226. The van der Waals surface area contributed by atoms with Crippen LogP contribution in [0.1, 0.15) is 67.2 Å². The van der Waals surface area contributed by atoms with Gasteiger partial charge in [0.1, 0.15) is 0 Å². The van der Waals surface area contributed by atoms with E-state index in [1.54, 1.807) is 53.7 Å². The first kappa shape index (κ1) is 28.4. The molecule has 0 aromatic rings. The zero-order chi connectivity index (χ0) is 23.4. The SMILES string of the molecule is CCC(C)[NH][Zr]([NH]C(C)CC)([NH]C(C)CC)([C]1=CC=CC1)[GeH]([C](F)(F)F)[C](F)(F)F. The van der Waals surface area contributed by atoms with Gasteiger partial charge in [-0.2, -0.15) is 0 Å². The second-order valence-corrected chi connectivity index (χ2v) is 45.0. The predicted octanol–water partition coefficient (Wildman–Crippen LogP) is 5.36. The third kappa shape index (κ3) is 6.03. The van der Waals surface area contributed by atoms with Crippen molar-refractivity contribution in [2.75, 3.05) is 0 Å². The van der Waals surface area contributed by atoms with E-state index in [9.17, 15) is 26.3 Å². The van der Waals surface area contributed by atoms with Crippen LogP contribution in [0.15, 0.2) is 21.5 Å². The van der Waals surface area contributed by atoms with E-state index in [0.717, 1.165) is 0 Å². The monoisotopic (exact) mass is 584 g/mol. The standard InChI is InChI=1S/C5H5.3C4H10N.C2HF6Ge.Zr/c1-2-4-5-3-1;3*1-3-4(2)5;3-1(4,5)9-2(6,7)8;/h1-3H,4H2;3*4-5H,3H2,1-2H3;9H;/q;3*-1;;+3. The van der Waals surface area contributed by atoms with Crippen LogP contribution in [0, 0.1) is 0 Å². The first-order chi connectivity index (χ1) is 13.7. The fourth-order valence-corrected chi connectivity index (χ4v) is 64.3. The summed E-state index contributed by atoms with van der Waals surface area (Å²) in [5.41, 5.74) is 0. The third-order valence-corrected chi connectivity index (χ3v) is 57.5. The van der Waals surface area contributed by atoms with Crippen LogP contribution in [0.5, 0.6) is 0 Å². The molecule has 0 bridgehead atoms. The van der Waals surface area contributed by atoms with Crippen molar-refractivity contribution in [3.05, 3.63) is 21.5 Å². The molecule has 0 fully saturated rings. The van der Waals surface area contributed by atoms with Crippen molar-refractivity contribution < 1.29 is 43.5 Å². The summed E-state index contributed by atoms with van der Waals surface area (Å²) < 4.78 is 96.7. The summed E-state index contributed by atoms with van der Waals surface area (Å²) in [5.74, 6) is 0. The maximum atomic E-state index is 14.5. The van der Waals surface area contributed by atoms with Crippen molar-refractivity contribution in [2.24, 2.45) is 0 Å². The van der Waals surface area contributed by atoms with Crippen molar-refractivity contribution >= 4 is 10.6 Å². The van der Waals surface area contributed by atoms with Crippen LogP contribution in [0.2, 0.25) is 0 Å². The molecule has 1 rings (SSSR count). The Bertz CT molecular complexity index is 587. The van der Waals surface area contributed by atoms with E-state index in [1.807, 2.05) is 0 Å².